The van der Waals surface area contributed by atoms with Gasteiger partial charge in [0.15, 0.2) is 0 Å². The minimum atomic E-state index is -0.0802. The predicted octanol–water partition coefficient (Wildman–Crippen LogP) is 3.63. The Morgan fingerprint density at radius 3 is 3.08 bits per heavy atom. The van der Waals surface area contributed by atoms with Crippen LogP contribution >= 0.6 is 11.3 Å². The third-order valence-corrected chi connectivity index (χ3v) is 5.60. The molecule has 4 rings (SSSR count). The molecule has 3 heterocycles. The van der Waals surface area contributed by atoms with E-state index in [-0.39, 0.29) is 5.91 Å². The second-order valence-corrected chi connectivity index (χ2v) is 7.75. The van der Waals surface area contributed by atoms with Crippen molar-refractivity contribution in [2.75, 3.05) is 18.0 Å². The lowest BCUT2D eigenvalue weighted by Crippen LogP contribution is -2.37. The number of aryl methyl sites for hydroxylation is 1. The summed E-state index contributed by atoms with van der Waals surface area (Å²) in [5.41, 5.74) is 5.10. The van der Waals surface area contributed by atoms with E-state index in [0.717, 1.165) is 29.2 Å². The van der Waals surface area contributed by atoms with Gasteiger partial charge in [-0.15, -0.1) is 11.3 Å². The molecule has 1 amide bonds. The maximum absolute atomic E-state index is 12.4. The molecule has 0 aliphatic carbocycles. The summed E-state index contributed by atoms with van der Waals surface area (Å²) in [6, 6.07) is 10.8. The van der Waals surface area contributed by atoms with Crippen LogP contribution in [0.1, 0.15) is 28.0 Å². The Bertz CT molecular complexity index is 929. The molecule has 1 aliphatic rings. The van der Waals surface area contributed by atoms with Crippen LogP contribution in [0.2, 0.25) is 0 Å². The standard InChI is InChI=1S/C20H22N4OS/c1-13-9-15-5-3-4-6-19(15)24(13)8-7-21-20(25)17-10-16(11-22-17)18-12-26-14(2)23-18/h3-6,10-13,22H,7-9H2,1-2H3,(H,21,25). The Hall–Kier alpha value is -2.60. The highest BCUT2D eigenvalue weighted by Crippen LogP contribution is 2.31. The van der Waals surface area contributed by atoms with Gasteiger partial charge in [-0.3, -0.25) is 4.79 Å². The van der Waals surface area contributed by atoms with E-state index in [9.17, 15) is 4.79 Å². The second kappa shape index (κ2) is 6.96. The minimum Gasteiger partial charge on any atom is -0.367 e. The molecule has 134 valence electrons. The molecular formula is C20H22N4OS. The van der Waals surface area contributed by atoms with Crippen molar-refractivity contribution in [3.8, 4) is 11.3 Å². The van der Waals surface area contributed by atoms with Crippen LogP contribution in [0.5, 0.6) is 0 Å². The van der Waals surface area contributed by atoms with Crippen molar-refractivity contribution in [1.29, 1.82) is 0 Å². The topological polar surface area (TPSA) is 61.0 Å². The van der Waals surface area contributed by atoms with Gasteiger partial charge in [0.25, 0.3) is 5.91 Å². The zero-order chi connectivity index (χ0) is 18.1. The third-order valence-electron chi connectivity index (χ3n) is 4.83. The Balaban J connectivity index is 1.36. The molecule has 0 saturated heterocycles. The van der Waals surface area contributed by atoms with Gasteiger partial charge in [0.2, 0.25) is 0 Å². The normalized spacial score (nSPS) is 15.9. The lowest BCUT2D eigenvalue weighted by molar-refractivity contribution is 0.0950. The number of anilines is 1. The maximum atomic E-state index is 12.4. The number of hydrogen-bond donors (Lipinski definition) is 2. The second-order valence-electron chi connectivity index (χ2n) is 6.68. The van der Waals surface area contributed by atoms with Crippen molar-refractivity contribution in [3.05, 3.63) is 58.2 Å². The van der Waals surface area contributed by atoms with Crippen molar-refractivity contribution in [2.45, 2.75) is 26.3 Å². The fraction of sp³-hybridized carbons (Fsp3) is 0.300. The number of benzene rings is 1. The van der Waals surface area contributed by atoms with Crippen LogP contribution in [0.15, 0.2) is 41.9 Å². The van der Waals surface area contributed by atoms with Gasteiger partial charge in [-0.1, -0.05) is 18.2 Å². The van der Waals surface area contributed by atoms with Crippen LogP contribution in [-0.4, -0.2) is 35.0 Å². The smallest absolute Gasteiger partial charge is 0.267 e. The van der Waals surface area contributed by atoms with E-state index in [2.05, 4.69) is 51.4 Å². The van der Waals surface area contributed by atoms with Crippen LogP contribution in [0.4, 0.5) is 5.69 Å². The highest BCUT2D eigenvalue weighted by Gasteiger charge is 2.25. The average Bonchev–Trinajstić information content (AvgIpc) is 3.34. The molecular weight excluding hydrogens is 344 g/mol. The van der Waals surface area contributed by atoms with E-state index in [0.29, 0.717) is 18.3 Å². The summed E-state index contributed by atoms with van der Waals surface area (Å²) >= 11 is 1.61. The minimum absolute atomic E-state index is 0.0802. The molecule has 1 unspecified atom stereocenters. The largest absolute Gasteiger partial charge is 0.367 e. The van der Waals surface area contributed by atoms with E-state index in [4.69, 9.17) is 0 Å². The molecule has 1 atom stereocenters. The summed E-state index contributed by atoms with van der Waals surface area (Å²) in [4.78, 5) is 22.3. The number of para-hydroxylation sites is 1. The first-order valence-corrected chi connectivity index (χ1v) is 9.73. The number of H-pyrrole nitrogens is 1. The molecule has 0 bridgehead atoms. The molecule has 2 aromatic heterocycles. The number of aromatic nitrogens is 2. The lowest BCUT2D eigenvalue weighted by Gasteiger charge is -2.24. The van der Waals surface area contributed by atoms with Crippen LogP contribution < -0.4 is 10.2 Å². The summed E-state index contributed by atoms with van der Waals surface area (Å²) in [5.74, 6) is -0.0802. The Morgan fingerprint density at radius 2 is 2.27 bits per heavy atom. The molecule has 6 heteroatoms. The van der Waals surface area contributed by atoms with Gasteiger partial charge >= 0.3 is 0 Å². The van der Waals surface area contributed by atoms with Gasteiger partial charge in [0.05, 0.1) is 10.7 Å². The summed E-state index contributed by atoms with van der Waals surface area (Å²) < 4.78 is 0. The fourth-order valence-corrected chi connectivity index (χ4v) is 4.15. The van der Waals surface area contributed by atoms with Crippen LogP contribution in [0, 0.1) is 6.92 Å². The van der Waals surface area contributed by atoms with Crippen LogP contribution in [0.3, 0.4) is 0 Å². The number of aromatic amines is 1. The first kappa shape index (κ1) is 16.8. The van der Waals surface area contributed by atoms with Crippen LogP contribution in [-0.2, 0) is 6.42 Å². The Kier molecular flexibility index (Phi) is 4.51. The number of carbonyl (C=O) groups excluding carboxylic acids is 1. The molecule has 0 saturated carbocycles. The van der Waals surface area contributed by atoms with Crippen LogP contribution in [0.25, 0.3) is 11.3 Å². The molecule has 0 spiro atoms. The van der Waals surface area contributed by atoms with E-state index < -0.39 is 0 Å². The fourth-order valence-electron chi connectivity index (χ4n) is 3.52. The first-order chi connectivity index (χ1) is 12.6. The monoisotopic (exact) mass is 366 g/mol. The molecule has 1 aliphatic heterocycles. The van der Waals surface area contributed by atoms with Gasteiger partial charge in [0.1, 0.15) is 5.69 Å². The summed E-state index contributed by atoms with van der Waals surface area (Å²) in [6.07, 6.45) is 2.90. The molecule has 5 nitrogen and oxygen atoms in total. The quantitative estimate of drug-likeness (QED) is 0.725. The molecule has 3 aromatic rings. The lowest BCUT2D eigenvalue weighted by atomic mass is 10.1. The van der Waals surface area contributed by atoms with Gasteiger partial charge in [-0.05, 0) is 38.0 Å². The van der Waals surface area contributed by atoms with Crippen molar-refractivity contribution in [2.24, 2.45) is 0 Å². The number of thiazole rings is 1. The third kappa shape index (κ3) is 3.24. The molecule has 0 radical (unpaired) electrons. The number of fused-ring (bicyclic) bond motifs is 1. The van der Waals surface area contributed by atoms with Gasteiger partial charge < -0.3 is 15.2 Å². The summed E-state index contributed by atoms with van der Waals surface area (Å²) in [7, 11) is 0. The zero-order valence-electron chi connectivity index (χ0n) is 15.0. The highest BCUT2D eigenvalue weighted by molar-refractivity contribution is 7.09. The first-order valence-electron chi connectivity index (χ1n) is 8.85. The van der Waals surface area contributed by atoms with E-state index in [1.54, 1.807) is 11.3 Å². The molecule has 1 aromatic carbocycles. The van der Waals surface area contributed by atoms with Crippen molar-refractivity contribution < 1.29 is 4.79 Å². The summed E-state index contributed by atoms with van der Waals surface area (Å²) in [5, 5.41) is 6.04. The number of nitrogens with zero attached hydrogens (tertiary/aromatic N) is 2. The number of hydrogen-bond acceptors (Lipinski definition) is 4. The SMILES string of the molecule is Cc1nc(-c2c[nH]c(C(=O)NCCN3c4ccccc4CC3C)c2)cs1. The Morgan fingerprint density at radius 1 is 1.42 bits per heavy atom. The predicted molar refractivity (Wildman–Crippen MR) is 106 cm³/mol. The molecule has 26 heavy (non-hydrogen) atoms. The zero-order valence-corrected chi connectivity index (χ0v) is 15.8. The van der Waals surface area contributed by atoms with Gasteiger partial charge in [-0.25, -0.2) is 4.98 Å². The number of rotatable bonds is 5. The molecule has 0 fully saturated rings. The number of amides is 1. The van der Waals surface area contributed by atoms with Crippen molar-refractivity contribution in [3.63, 3.8) is 0 Å². The maximum Gasteiger partial charge on any atom is 0.267 e. The summed E-state index contributed by atoms with van der Waals surface area (Å²) in [6.45, 7) is 5.63. The van der Waals surface area contributed by atoms with E-state index in [1.165, 1.54) is 11.3 Å². The van der Waals surface area contributed by atoms with Crippen molar-refractivity contribution >= 4 is 22.9 Å². The average molecular weight is 366 g/mol. The highest BCUT2D eigenvalue weighted by atomic mass is 32.1. The van der Waals surface area contributed by atoms with Crippen molar-refractivity contribution in [1.82, 2.24) is 15.3 Å². The van der Waals surface area contributed by atoms with E-state index >= 15 is 0 Å². The van der Waals surface area contributed by atoms with Gasteiger partial charge in [-0.2, -0.15) is 0 Å². The Labute approximate surface area is 157 Å². The van der Waals surface area contributed by atoms with E-state index in [1.807, 2.05) is 24.6 Å². The number of carbonyl (C=O) groups is 1. The van der Waals surface area contributed by atoms with Gasteiger partial charge in [0, 0.05) is 42.0 Å². The number of nitrogens with one attached hydrogen (secondary N) is 2. The molecule has 2 N–H and O–H groups in total.